The summed E-state index contributed by atoms with van der Waals surface area (Å²) in [5.41, 5.74) is 4.00. The first-order chi connectivity index (χ1) is 15.1. The summed E-state index contributed by atoms with van der Waals surface area (Å²) in [6, 6.07) is 12.9. The van der Waals surface area contributed by atoms with E-state index < -0.39 is 0 Å². The summed E-state index contributed by atoms with van der Waals surface area (Å²) in [5, 5.41) is 10.4. The Labute approximate surface area is 187 Å². The molecule has 0 bridgehead atoms. The Balaban J connectivity index is 1.67. The van der Waals surface area contributed by atoms with Gasteiger partial charge in [0, 0.05) is 28.0 Å². The van der Waals surface area contributed by atoms with E-state index in [4.69, 9.17) is 0 Å². The average molecular weight is 437 g/mol. The van der Waals surface area contributed by atoms with E-state index in [0.717, 1.165) is 29.1 Å². The fourth-order valence-corrected chi connectivity index (χ4v) is 3.30. The second kappa shape index (κ2) is 9.34. The Morgan fingerprint density at radius 3 is 2.25 bits per heavy atom. The molecule has 168 valence electrons. The number of anilines is 1. The molecule has 6 nitrogen and oxygen atoms in total. The Morgan fingerprint density at radius 2 is 1.66 bits per heavy atom. The van der Waals surface area contributed by atoms with E-state index >= 15 is 0 Å². The molecule has 3 aromatic rings. The Kier molecular flexibility index (Phi) is 6.77. The molecule has 0 unspecified atom stereocenters. The van der Waals surface area contributed by atoms with Crippen LogP contribution in [0, 0.1) is 19.7 Å². The van der Waals surface area contributed by atoms with E-state index in [9.17, 15) is 14.0 Å². The third kappa shape index (κ3) is 5.41. The number of carbonyl (C=O) groups is 2. The number of hydrogen-bond donors (Lipinski definition) is 2. The molecule has 3 rings (SSSR count). The molecule has 0 spiro atoms. The molecule has 1 aromatic heterocycles. The molecule has 0 atom stereocenters. The van der Waals surface area contributed by atoms with Crippen LogP contribution in [-0.2, 0) is 11.2 Å². The first-order valence-electron chi connectivity index (χ1n) is 10.6. The zero-order chi connectivity index (χ0) is 23.5. The molecule has 0 radical (unpaired) electrons. The summed E-state index contributed by atoms with van der Waals surface area (Å²) < 4.78 is 14.9. The predicted molar refractivity (Wildman–Crippen MR) is 124 cm³/mol. The van der Waals surface area contributed by atoms with E-state index in [1.165, 1.54) is 12.1 Å². The van der Waals surface area contributed by atoms with Crippen molar-refractivity contribution in [1.29, 1.82) is 0 Å². The van der Waals surface area contributed by atoms with Gasteiger partial charge in [-0.2, -0.15) is 5.10 Å². The molecule has 7 heteroatoms. The van der Waals surface area contributed by atoms with Gasteiger partial charge >= 0.3 is 0 Å². The SMILES string of the molecule is CCC(C)(C)NC(=O)c1ccc(NC(=O)Cc2c(C)nn(-c3ccc(F)cc3)c2C)cc1. The van der Waals surface area contributed by atoms with Gasteiger partial charge in [0.15, 0.2) is 0 Å². The van der Waals surface area contributed by atoms with E-state index in [1.54, 1.807) is 41.1 Å². The van der Waals surface area contributed by atoms with Gasteiger partial charge in [-0.3, -0.25) is 9.59 Å². The van der Waals surface area contributed by atoms with E-state index in [2.05, 4.69) is 15.7 Å². The fourth-order valence-electron chi connectivity index (χ4n) is 3.30. The van der Waals surface area contributed by atoms with Crippen molar-refractivity contribution in [3.05, 3.63) is 76.9 Å². The van der Waals surface area contributed by atoms with Gasteiger partial charge in [0.25, 0.3) is 5.91 Å². The summed E-state index contributed by atoms with van der Waals surface area (Å²) in [7, 11) is 0. The largest absolute Gasteiger partial charge is 0.347 e. The van der Waals surface area contributed by atoms with Crippen molar-refractivity contribution in [3.63, 3.8) is 0 Å². The zero-order valence-electron chi connectivity index (χ0n) is 19.1. The molecular weight excluding hydrogens is 407 g/mol. The summed E-state index contributed by atoms with van der Waals surface area (Å²) in [6.45, 7) is 9.70. The molecule has 0 fully saturated rings. The lowest BCUT2D eigenvalue weighted by atomic mass is 10.0. The molecule has 0 aliphatic heterocycles. The van der Waals surface area contributed by atoms with Crippen LogP contribution in [0.2, 0.25) is 0 Å². The second-order valence-corrected chi connectivity index (χ2v) is 8.53. The second-order valence-electron chi connectivity index (χ2n) is 8.53. The standard InChI is InChI=1S/C25H29FN4O2/c1-6-25(4,5)28-24(32)18-7-11-20(12-8-18)27-23(31)15-22-16(2)29-30(17(22)3)21-13-9-19(26)10-14-21/h7-14H,6,15H2,1-5H3,(H,27,31)(H,28,32). The van der Waals surface area contributed by atoms with Gasteiger partial charge in [0.05, 0.1) is 17.8 Å². The minimum absolute atomic E-state index is 0.144. The van der Waals surface area contributed by atoms with Gasteiger partial charge in [0.1, 0.15) is 5.82 Å². The van der Waals surface area contributed by atoms with Crippen molar-refractivity contribution in [2.75, 3.05) is 5.32 Å². The predicted octanol–water partition coefficient (Wildman–Crippen LogP) is 4.73. The topological polar surface area (TPSA) is 76.0 Å². The van der Waals surface area contributed by atoms with Gasteiger partial charge < -0.3 is 10.6 Å². The highest BCUT2D eigenvalue weighted by atomic mass is 19.1. The molecule has 0 saturated carbocycles. The van der Waals surface area contributed by atoms with Crippen molar-refractivity contribution in [2.45, 2.75) is 53.0 Å². The lowest BCUT2D eigenvalue weighted by Crippen LogP contribution is -2.42. The molecule has 1 heterocycles. The van der Waals surface area contributed by atoms with Crippen LogP contribution in [0.15, 0.2) is 48.5 Å². The van der Waals surface area contributed by atoms with Crippen LogP contribution in [0.3, 0.4) is 0 Å². The minimum atomic E-state index is -0.313. The van der Waals surface area contributed by atoms with Crippen LogP contribution in [-0.4, -0.2) is 27.1 Å². The number of aryl methyl sites for hydroxylation is 1. The molecular formula is C25H29FN4O2. The lowest BCUT2D eigenvalue weighted by molar-refractivity contribution is -0.115. The first kappa shape index (κ1) is 23.2. The number of nitrogens with zero attached hydrogens (tertiary/aromatic N) is 2. The summed E-state index contributed by atoms with van der Waals surface area (Å²) in [4.78, 5) is 25.0. The van der Waals surface area contributed by atoms with Crippen LogP contribution in [0.4, 0.5) is 10.1 Å². The summed E-state index contributed by atoms with van der Waals surface area (Å²) in [5.74, 6) is -0.638. The third-order valence-electron chi connectivity index (χ3n) is 5.62. The van der Waals surface area contributed by atoms with Crippen molar-refractivity contribution in [2.24, 2.45) is 0 Å². The van der Waals surface area contributed by atoms with Crippen molar-refractivity contribution < 1.29 is 14.0 Å². The van der Waals surface area contributed by atoms with E-state index in [0.29, 0.717) is 11.3 Å². The van der Waals surface area contributed by atoms with Crippen LogP contribution in [0.25, 0.3) is 5.69 Å². The highest BCUT2D eigenvalue weighted by Crippen LogP contribution is 2.20. The number of benzene rings is 2. The number of amides is 2. The van der Waals surface area contributed by atoms with Gasteiger partial charge in [-0.05, 0) is 82.6 Å². The van der Waals surface area contributed by atoms with E-state index in [-0.39, 0.29) is 29.6 Å². The maximum absolute atomic E-state index is 13.2. The number of rotatable bonds is 7. The van der Waals surface area contributed by atoms with Crippen LogP contribution >= 0.6 is 0 Å². The highest BCUT2D eigenvalue weighted by molar-refractivity contribution is 5.96. The number of nitrogens with one attached hydrogen (secondary N) is 2. The van der Waals surface area contributed by atoms with Crippen molar-refractivity contribution >= 4 is 17.5 Å². The Morgan fingerprint density at radius 1 is 1.03 bits per heavy atom. The number of halogens is 1. The third-order valence-corrected chi connectivity index (χ3v) is 5.62. The number of aromatic nitrogens is 2. The maximum atomic E-state index is 13.2. The monoisotopic (exact) mass is 436 g/mol. The zero-order valence-corrected chi connectivity index (χ0v) is 19.1. The molecule has 0 aliphatic rings. The first-order valence-corrected chi connectivity index (χ1v) is 10.6. The molecule has 32 heavy (non-hydrogen) atoms. The lowest BCUT2D eigenvalue weighted by Gasteiger charge is -2.24. The van der Waals surface area contributed by atoms with Gasteiger partial charge in [0.2, 0.25) is 5.91 Å². The summed E-state index contributed by atoms with van der Waals surface area (Å²) in [6.07, 6.45) is 0.981. The molecule has 2 amide bonds. The number of hydrogen-bond acceptors (Lipinski definition) is 3. The summed E-state index contributed by atoms with van der Waals surface area (Å²) >= 11 is 0. The van der Waals surface area contributed by atoms with Crippen molar-refractivity contribution in [1.82, 2.24) is 15.1 Å². The van der Waals surface area contributed by atoms with Crippen molar-refractivity contribution in [3.8, 4) is 5.69 Å². The highest BCUT2D eigenvalue weighted by Gasteiger charge is 2.19. The minimum Gasteiger partial charge on any atom is -0.347 e. The van der Waals surface area contributed by atoms with E-state index in [1.807, 2.05) is 34.6 Å². The van der Waals surface area contributed by atoms with Gasteiger partial charge in [-0.25, -0.2) is 9.07 Å². The smallest absolute Gasteiger partial charge is 0.251 e. The fraction of sp³-hybridized carbons (Fsp3) is 0.320. The Hall–Kier alpha value is -3.48. The van der Waals surface area contributed by atoms with Gasteiger partial charge in [-0.1, -0.05) is 6.92 Å². The Bertz CT molecular complexity index is 1120. The van der Waals surface area contributed by atoms with Gasteiger partial charge in [-0.15, -0.1) is 0 Å². The number of carbonyl (C=O) groups excluding carboxylic acids is 2. The molecule has 2 N–H and O–H groups in total. The maximum Gasteiger partial charge on any atom is 0.251 e. The normalized spacial score (nSPS) is 11.3. The molecule has 0 aliphatic carbocycles. The van der Waals surface area contributed by atoms with Crippen LogP contribution in [0.1, 0.15) is 54.5 Å². The quantitative estimate of drug-likeness (QED) is 0.562. The molecule has 0 saturated heterocycles. The van der Waals surface area contributed by atoms with Crippen LogP contribution in [0.5, 0.6) is 0 Å². The molecule has 2 aromatic carbocycles. The van der Waals surface area contributed by atoms with Crippen LogP contribution < -0.4 is 10.6 Å². The average Bonchev–Trinajstić information content (AvgIpc) is 3.02.